The Morgan fingerprint density at radius 1 is 1.33 bits per heavy atom. The van der Waals surface area contributed by atoms with Crippen LogP contribution in [0.5, 0.6) is 0 Å². The molecule has 3 rings (SSSR count). The molecule has 0 aliphatic carbocycles. The van der Waals surface area contributed by atoms with Gasteiger partial charge < -0.3 is 9.80 Å². The van der Waals surface area contributed by atoms with Gasteiger partial charge in [0, 0.05) is 26.2 Å². The van der Waals surface area contributed by atoms with Gasteiger partial charge in [0.25, 0.3) is 6.43 Å². The Morgan fingerprint density at radius 3 is 2.62 bits per heavy atom. The molecule has 132 valence electrons. The van der Waals surface area contributed by atoms with Gasteiger partial charge in [-0.1, -0.05) is 11.6 Å². The molecule has 1 aromatic rings. The quantitative estimate of drug-likeness (QED) is 0.779. The SMILES string of the molecule is C[C@@H]1C(=O)N(C)c2ccc(Cl)nc2N1C1CCN(CC(F)F)CC1. The number of piperidine rings is 1. The van der Waals surface area contributed by atoms with Gasteiger partial charge in [0.05, 0.1) is 12.2 Å². The second kappa shape index (κ2) is 6.80. The smallest absolute Gasteiger partial charge is 0.251 e. The largest absolute Gasteiger partial charge is 0.340 e. The monoisotopic (exact) mass is 358 g/mol. The van der Waals surface area contributed by atoms with E-state index in [9.17, 15) is 13.6 Å². The third-order valence-electron chi connectivity index (χ3n) is 4.88. The third kappa shape index (κ3) is 3.19. The number of amides is 1. The summed E-state index contributed by atoms with van der Waals surface area (Å²) in [7, 11) is 1.73. The van der Waals surface area contributed by atoms with Crippen molar-refractivity contribution in [2.45, 2.75) is 38.3 Å². The lowest BCUT2D eigenvalue weighted by atomic mass is 9.99. The van der Waals surface area contributed by atoms with Gasteiger partial charge in [0.2, 0.25) is 5.91 Å². The Bertz CT molecular complexity index is 622. The molecule has 0 aromatic carbocycles. The van der Waals surface area contributed by atoms with Crippen LogP contribution in [0.2, 0.25) is 5.15 Å². The van der Waals surface area contributed by atoms with Crippen molar-refractivity contribution in [2.75, 3.05) is 36.5 Å². The minimum atomic E-state index is -2.31. The maximum atomic E-state index is 12.5. The van der Waals surface area contributed by atoms with Crippen molar-refractivity contribution in [1.29, 1.82) is 0 Å². The second-order valence-corrected chi connectivity index (χ2v) is 6.77. The van der Waals surface area contributed by atoms with E-state index in [2.05, 4.69) is 4.98 Å². The van der Waals surface area contributed by atoms with Gasteiger partial charge in [-0.15, -0.1) is 0 Å². The predicted molar refractivity (Wildman–Crippen MR) is 90.1 cm³/mol. The number of aromatic nitrogens is 1. The van der Waals surface area contributed by atoms with Gasteiger partial charge in [-0.25, -0.2) is 13.8 Å². The average Bonchev–Trinajstić information content (AvgIpc) is 2.54. The molecule has 0 unspecified atom stereocenters. The number of carbonyl (C=O) groups excluding carboxylic acids is 1. The first-order chi connectivity index (χ1) is 11.4. The van der Waals surface area contributed by atoms with E-state index in [1.165, 1.54) is 0 Å². The first kappa shape index (κ1) is 17.4. The van der Waals surface area contributed by atoms with Gasteiger partial charge in [0.1, 0.15) is 11.2 Å². The summed E-state index contributed by atoms with van der Waals surface area (Å²) in [6.45, 7) is 2.86. The van der Waals surface area contributed by atoms with Crippen LogP contribution >= 0.6 is 11.6 Å². The summed E-state index contributed by atoms with van der Waals surface area (Å²) in [5.41, 5.74) is 0.734. The zero-order valence-electron chi connectivity index (χ0n) is 13.8. The first-order valence-electron chi connectivity index (χ1n) is 8.11. The number of pyridine rings is 1. The summed E-state index contributed by atoms with van der Waals surface area (Å²) in [6.07, 6.45) is -0.865. The highest BCUT2D eigenvalue weighted by atomic mass is 35.5. The van der Waals surface area contributed by atoms with E-state index in [4.69, 9.17) is 11.6 Å². The van der Waals surface area contributed by atoms with Crippen LogP contribution in [-0.4, -0.2) is 61.0 Å². The van der Waals surface area contributed by atoms with Gasteiger partial charge in [0.15, 0.2) is 5.82 Å². The van der Waals surface area contributed by atoms with E-state index in [1.54, 1.807) is 29.0 Å². The summed E-state index contributed by atoms with van der Waals surface area (Å²) in [4.78, 5) is 22.4. The summed E-state index contributed by atoms with van der Waals surface area (Å²) in [6, 6.07) is 3.22. The molecule has 0 bridgehead atoms. The molecule has 0 N–H and O–H groups in total. The van der Waals surface area contributed by atoms with Gasteiger partial charge >= 0.3 is 0 Å². The minimum absolute atomic E-state index is 0.00151. The summed E-state index contributed by atoms with van der Waals surface area (Å²) >= 11 is 6.06. The number of likely N-dealkylation sites (N-methyl/N-ethyl adjacent to an activating group) is 1. The van der Waals surface area contributed by atoms with E-state index in [1.807, 2.05) is 11.8 Å². The topological polar surface area (TPSA) is 39.7 Å². The van der Waals surface area contributed by atoms with Crippen molar-refractivity contribution in [3.05, 3.63) is 17.3 Å². The molecule has 1 amide bonds. The molecule has 2 aliphatic rings. The van der Waals surface area contributed by atoms with E-state index in [0.29, 0.717) is 24.1 Å². The molecule has 1 fully saturated rings. The van der Waals surface area contributed by atoms with Crippen LogP contribution in [0, 0.1) is 0 Å². The third-order valence-corrected chi connectivity index (χ3v) is 5.09. The molecule has 3 heterocycles. The number of nitrogens with zero attached hydrogens (tertiary/aromatic N) is 4. The van der Waals surface area contributed by atoms with Crippen LogP contribution in [0.4, 0.5) is 20.3 Å². The van der Waals surface area contributed by atoms with Crippen molar-refractivity contribution in [3.63, 3.8) is 0 Å². The molecule has 1 saturated heterocycles. The Morgan fingerprint density at radius 2 is 2.00 bits per heavy atom. The molecule has 0 spiro atoms. The number of alkyl halides is 2. The highest BCUT2D eigenvalue weighted by molar-refractivity contribution is 6.29. The number of fused-ring (bicyclic) bond motifs is 1. The van der Waals surface area contributed by atoms with Crippen LogP contribution in [0.25, 0.3) is 0 Å². The lowest BCUT2D eigenvalue weighted by Crippen LogP contribution is -2.57. The molecule has 2 aliphatic heterocycles. The molecular weight excluding hydrogens is 338 g/mol. The molecule has 0 saturated carbocycles. The molecule has 1 aromatic heterocycles. The van der Waals surface area contributed by atoms with E-state index >= 15 is 0 Å². The predicted octanol–water partition coefficient (Wildman–Crippen LogP) is 2.64. The Hall–Kier alpha value is -1.47. The van der Waals surface area contributed by atoms with E-state index in [0.717, 1.165) is 18.5 Å². The number of hydrogen-bond donors (Lipinski definition) is 0. The van der Waals surface area contributed by atoms with E-state index < -0.39 is 6.43 Å². The fraction of sp³-hybridized carbons (Fsp3) is 0.625. The minimum Gasteiger partial charge on any atom is -0.340 e. The molecule has 24 heavy (non-hydrogen) atoms. The number of rotatable bonds is 3. The van der Waals surface area contributed by atoms with Crippen molar-refractivity contribution < 1.29 is 13.6 Å². The standard InChI is InChI=1S/C16H21ClF2N4O/c1-10-16(24)21(2)12-3-4-13(17)20-15(12)23(10)11-5-7-22(8-6-11)9-14(18)19/h3-4,10-11,14H,5-9H2,1-2H3/t10-/m1/s1. The normalized spacial score (nSPS) is 23.1. The highest BCUT2D eigenvalue weighted by Gasteiger charge is 2.39. The van der Waals surface area contributed by atoms with Crippen LogP contribution in [0.15, 0.2) is 12.1 Å². The van der Waals surface area contributed by atoms with Gasteiger partial charge in [-0.3, -0.25) is 9.69 Å². The zero-order chi connectivity index (χ0) is 17.4. The molecule has 8 heteroatoms. The van der Waals surface area contributed by atoms with Crippen LogP contribution in [0.1, 0.15) is 19.8 Å². The summed E-state index contributed by atoms with van der Waals surface area (Å²) in [5, 5.41) is 0.379. The van der Waals surface area contributed by atoms with Crippen molar-refractivity contribution in [3.8, 4) is 0 Å². The summed E-state index contributed by atoms with van der Waals surface area (Å²) < 4.78 is 25.1. The van der Waals surface area contributed by atoms with Crippen LogP contribution in [-0.2, 0) is 4.79 Å². The van der Waals surface area contributed by atoms with Gasteiger partial charge in [-0.2, -0.15) is 0 Å². The number of anilines is 2. The van der Waals surface area contributed by atoms with Crippen LogP contribution < -0.4 is 9.80 Å². The van der Waals surface area contributed by atoms with E-state index in [-0.39, 0.29) is 24.5 Å². The Labute approximate surface area is 145 Å². The van der Waals surface area contributed by atoms with Crippen molar-refractivity contribution >= 4 is 29.0 Å². The van der Waals surface area contributed by atoms with Crippen molar-refractivity contribution in [1.82, 2.24) is 9.88 Å². The number of carbonyl (C=O) groups is 1. The average molecular weight is 359 g/mol. The maximum Gasteiger partial charge on any atom is 0.251 e. The molecule has 5 nitrogen and oxygen atoms in total. The summed E-state index contributed by atoms with van der Waals surface area (Å²) in [5.74, 6) is 0.700. The molecular formula is C16H21ClF2N4O. The lowest BCUT2D eigenvalue weighted by molar-refractivity contribution is -0.119. The lowest BCUT2D eigenvalue weighted by Gasteiger charge is -2.46. The second-order valence-electron chi connectivity index (χ2n) is 6.38. The van der Waals surface area contributed by atoms with Crippen molar-refractivity contribution in [2.24, 2.45) is 0 Å². The zero-order valence-corrected chi connectivity index (χ0v) is 14.5. The fourth-order valence-electron chi connectivity index (χ4n) is 3.64. The number of hydrogen-bond acceptors (Lipinski definition) is 4. The Balaban J connectivity index is 1.84. The fourth-order valence-corrected chi connectivity index (χ4v) is 3.78. The first-order valence-corrected chi connectivity index (χ1v) is 8.49. The maximum absolute atomic E-state index is 12.5. The van der Waals surface area contributed by atoms with Gasteiger partial charge in [-0.05, 0) is 31.9 Å². The molecule has 0 radical (unpaired) electrons. The Kier molecular flexibility index (Phi) is 4.92. The van der Waals surface area contributed by atoms with Crippen LogP contribution in [0.3, 0.4) is 0 Å². The molecule has 1 atom stereocenters. The number of halogens is 3. The highest BCUT2D eigenvalue weighted by Crippen LogP contribution is 2.37. The number of likely N-dealkylation sites (tertiary alicyclic amines) is 1.